The van der Waals surface area contributed by atoms with Gasteiger partial charge in [0.15, 0.2) is 0 Å². The Labute approximate surface area is 181 Å². The Hall–Kier alpha value is -2.57. The molecule has 31 heavy (non-hydrogen) atoms. The first kappa shape index (κ1) is 23.1. The van der Waals surface area contributed by atoms with Crippen molar-refractivity contribution < 1.29 is 21.6 Å². The molecule has 7 nitrogen and oxygen atoms in total. The minimum atomic E-state index is -4.55. The standard InChI is InChI=1S/C19H20F3N5O2S2/c1-12-7-13(15-10-25-17(30-15)11-23-5-6-31(2,28)29)9-14(8-12)26-18-24-4-3-16(27-18)19(20,21)22/h3-4,7-10,23H,5-6,11H2,1-2H3,(H,24,26,27). The lowest BCUT2D eigenvalue weighted by molar-refractivity contribution is -0.141. The zero-order chi connectivity index (χ0) is 22.6. The minimum absolute atomic E-state index is 0.0513. The summed E-state index contributed by atoms with van der Waals surface area (Å²) in [7, 11) is -3.02. The van der Waals surface area contributed by atoms with Gasteiger partial charge in [0, 0.05) is 37.4 Å². The number of thiazole rings is 1. The Morgan fingerprint density at radius 2 is 1.94 bits per heavy atom. The minimum Gasteiger partial charge on any atom is -0.324 e. The SMILES string of the molecule is Cc1cc(Nc2nccc(C(F)(F)F)n2)cc(-c2cnc(CNCCS(C)(=O)=O)s2)c1. The molecule has 0 bridgehead atoms. The summed E-state index contributed by atoms with van der Waals surface area (Å²) in [5, 5.41) is 6.66. The Kier molecular flexibility index (Phi) is 6.92. The van der Waals surface area contributed by atoms with Gasteiger partial charge in [-0.05, 0) is 36.2 Å². The molecule has 0 spiro atoms. The molecule has 0 aliphatic heterocycles. The zero-order valence-electron chi connectivity index (χ0n) is 16.7. The summed E-state index contributed by atoms with van der Waals surface area (Å²) in [4.78, 5) is 12.6. The van der Waals surface area contributed by atoms with Crippen molar-refractivity contribution in [2.75, 3.05) is 23.9 Å². The molecular weight excluding hydrogens is 451 g/mol. The predicted octanol–water partition coefficient (Wildman–Crippen LogP) is 3.81. The van der Waals surface area contributed by atoms with Gasteiger partial charge in [-0.15, -0.1) is 11.3 Å². The van der Waals surface area contributed by atoms with Crippen LogP contribution in [0.5, 0.6) is 0 Å². The van der Waals surface area contributed by atoms with Gasteiger partial charge >= 0.3 is 6.18 Å². The number of sulfone groups is 1. The molecule has 0 fully saturated rings. The highest BCUT2D eigenvalue weighted by Crippen LogP contribution is 2.31. The summed E-state index contributed by atoms with van der Waals surface area (Å²) in [5.74, 6) is -0.0955. The monoisotopic (exact) mass is 471 g/mol. The van der Waals surface area contributed by atoms with Crippen LogP contribution in [0.15, 0.2) is 36.7 Å². The zero-order valence-corrected chi connectivity index (χ0v) is 18.3. The maximum absolute atomic E-state index is 12.9. The van der Waals surface area contributed by atoms with E-state index in [1.54, 1.807) is 18.3 Å². The number of anilines is 2. The van der Waals surface area contributed by atoms with Crippen LogP contribution < -0.4 is 10.6 Å². The van der Waals surface area contributed by atoms with Gasteiger partial charge in [-0.1, -0.05) is 6.07 Å². The third-order valence-electron chi connectivity index (χ3n) is 4.04. The number of hydrogen-bond donors (Lipinski definition) is 2. The van der Waals surface area contributed by atoms with E-state index >= 15 is 0 Å². The lowest BCUT2D eigenvalue weighted by Crippen LogP contribution is -2.21. The van der Waals surface area contributed by atoms with Crippen molar-refractivity contribution in [2.45, 2.75) is 19.6 Å². The molecular formula is C19H20F3N5O2S2. The van der Waals surface area contributed by atoms with Gasteiger partial charge in [-0.2, -0.15) is 13.2 Å². The molecule has 0 unspecified atom stereocenters. The Balaban J connectivity index is 1.72. The lowest BCUT2D eigenvalue weighted by Gasteiger charge is -2.10. The molecule has 2 heterocycles. The Bertz CT molecular complexity index is 1160. The molecule has 0 amide bonds. The van der Waals surface area contributed by atoms with Crippen LogP contribution in [0.1, 0.15) is 16.3 Å². The highest BCUT2D eigenvalue weighted by Gasteiger charge is 2.32. The number of halogens is 3. The molecule has 0 aliphatic carbocycles. The van der Waals surface area contributed by atoms with Crippen molar-refractivity contribution in [1.29, 1.82) is 0 Å². The summed E-state index contributed by atoms with van der Waals surface area (Å²) in [6.07, 6.45) is -0.603. The second-order valence-corrected chi connectivity index (χ2v) is 10.3. The van der Waals surface area contributed by atoms with Crippen molar-refractivity contribution >= 4 is 32.8 Å². The van der Waals surface area contributed by atoms with E-state index in [9.17, 15) is 21.6 Å². The third-order valence-corrected chi connectivity index (χ3v) is 6.04. The van der Waals surface area contributed by atoms with E-state index in [4.69, 9.17) is 0 Å². The van der Waals surface area contributed by atoms with Gasteiger partial charge < -0.3 is 10.6 Å². The first-order valence-electron chi connectivity index (χ1n) is 9.12. The average Bonchev–Trinajstić information content (AvgIpc) is 3.13. The fraction of sp³-hybridized carbons (Fsp3) is 0.316. The molecule has 0 radical (unpaired) electrons. The molecule has 3 aromatic rings. The van der Waals surface area contributed by atoms with Crippen molar-refractivity contribution in [3.8, 4) is 10.4 Å². The molecule has 0 aliphatic rings. The first-order chi connectivity index (χ1) is 14.5. The first-order valence-corrected chi connectivity index (χ1v) is 12.0. The molecule has 1 aromatic carbocycles. The number of aromatic nitrogens is 3. The quantitative estimate of drug-likeness (QED) is 0.482. The summed E-state index contributed by atoms with van der Waals surface area (Å²) in [6, 6.07) is 6.31. The van der Waals surface area contributed by atoms with Crippen LogP contribution in [0.3, 0.4) is 0 Å². The molecule has 2 aromatic heterocycles. The van der Waals surface area contributed by atoms with Crippen molar-refractivity contribution in [1.82, 2.24) is 20.3 Å². The van der Waals surface area contributed by atoms with E-state index < -0.39 is 21.7 Å². The molecule has 0 saturated carbocycles. The molecule has 3 rings (SSSR count). The van der Waals surface area contributed by atoms with Crippen molar-refractivity contribution in [3.63, 3.8) is 0 Å². The van der Waals surface area contributed by atoms with Crippen LogP contribution in [0, 0.1) is 6.92 Å². The lowest BCUT2D eigenvalue weighted by atomic mass is 10.1. The smallest absolute Gasteiger partial charge is 0.324 e. The van der Waals surface area contributed by atoms with Crippen LogP contribution in [0.25, 0.3) is 10.4 Å². The maximum Gasteiger partial charge on any atom is 0.433 e. The van der Waals surface area contributed by atoms with Crippen LogP contribution in [-0.2, 0) is 22.6 Å². The molecule has 166 valence electrons. The molecule has 0 atom stereocenters. The second kappa shape index (κ2) is 9.28. The van der Waals surface area contributed by atoms with E-state index in [2.05, 4.69) is 25.6 Å². The highest BCUT2D eigenvalue weighted by atomic mass is 32.2. The van der Waals surface area contributed by atoms with Crippen molar-refractivity contribution in [3.05, 3.63) is 52.9 Å². The van der Waals surface area contributed by atoms with E-state index in [1.807, 2.05) is 13.0 Å². The number of nitrogens with zero attached hydrogens (tertiary/aromatic N) is 3. The van der Waals surface area contributed by atoms with Crippen molar-refractivity contribution in [2.24, 2.45) is 0 Å². The summed E-state index contributed by atoms with van der Waals surface area (Å²) in [5.41, 5.74) is 1.27. The fourth-order valence-electron chi connectivity index (χ4n) is 2.68. The van der Waals surface area contributed by atoms with Gasteiger partial charge in [0.05, 0.1) is 10.6 Å². The highest BCUT2D eigenvalue weighted by molar-refractivity contribution is 7.90. The number of hydrogen-bond acceptors (Lipinski definition) is 8. The normalized spacial score (nSPS) is 12.2. The average molecular weight is 472 g/mol. The van der Waals surface area contributed by atoms with E-state index in [0.717, 1.165) is 33.3 Å². The summed E-state index contributed by atoms with van der Waals surface area (Å²) in [6.45, 7) is 2.65. The number of rotatable bonds is 8. The fourth-order valence-corrected chi connectivity index (χ4v) is 4.07. The molecule has 0 saturated heterocycles. The van der Waals surface area contributed by atoms with E-state index in [-0.39, 0.29) is 11.7 Å². The molecule has 2 N–H and O–H groups in total. The number of nitrogens with one attached hydrogen (secondary N) is 2. The van der Waals surface area contributed by atoms with Gasteiger partial charge in [0.2, 0.25) is 5.95 Å². The Morgan fingerprint density at radius 1 is 1.16 bits per heavy atom. The number of alkyl halides is 3. The van der Waals surface area contributed by atoms with Gasteiger partial charge in [-0.3, -0.25) is 0 Å². The van der Waals surface area contributed by atoms with Crippen LogP contribution in [-0.4, -0.2) is 41.9 Å². The molecule has 12 heteroatoms. The third kappa shape index (κ3) is 6.97. The van der Waals surface area contributed by atoms with E-state index in [0.29, 0.717) is 18.8 Å². The Morgan fingerprint density at radius 3 is 2.65 bits per heavy atom. The van der Waals surface area contributed by atoms with Gasteiger partial charge in [0.25, 0.3) is 0 Å². The van der Waals surface area contributed by atoms with Gasteiger partial charge in [-0.25, -0.2) is 23.4 Å². The van der Waals surface area contributed by atoms with Crippen LogP contribution in [0.4, 0.5) is 24.8 Å². The largest absolute Gasteiger partial charge is 0.433 e. The topological polar surface area (TPSA) is 96.9 Å². The predicted molar refractivity (Wildman–Crippen MR) is 114 cm³/mol. The van der Waals surface area contributed by atoms with E-state index in [1.165, 1.54) is 17.6 Å². The summed E-state index contributed by atoms with van der Waals surface area (Å²) < 4.78 is 60.9. The maximum atomic E-state index is 12.9. The van der Waals surface area contributed by atoms with Gasteiger partial charge in [0.1, 0.15) is 20.5 Å². The second-order valence-electron chi connectivity index (χ2n) is 6.90. The summed E-state index contributed by atoms with van der Waals surface area (Å²) >= 11 is 1.44. The van der Waals surface area contributed by atoms with Crippen LogP contribution in [0.2, 0.25) is 0 Å². The number of benzene rings is 1. The van der Waals surface area contributed by atoms with Crippen LogP contribution >= 0.6 is 11.3 Å². The number of aryl methyl sites for hydroxylation is 1.